The molecule has 3 aromatic rings. The standard InChI is InChI=1S/C17H18N4O/c1-11-7-8-15-13(6-3-9-18-15)14(11)10-19-17-21-20-16(22-17)12-4-2-5-12/h3,6-9,12H,2,4-5,10H2,1H3,(H,19,21). The lowest BCUT2D eigenvalue weighted by atomic mass is 9.85. The lowest BCUT2D eigenvalue weighted by molar-refractivity contribution is 0.338. The Hall–Kier alpha value is -2.43. The molecule has 0 bridgehead atoms. The van der Waals surface area contributed by atoms with Crippen LogP contribution in [0, 0.1) is 6.92 Å². The van der Waals surface area contributed by atoms with Crippen molar-refractivity contribution in [2.24, 2.45) is 0 Å². The highest BCUT2D eigenvalue weighted by Crippen LogP contribution is 2.35. The van der Waals surface area contributed by atoms with E-state index in [2.05, 4.69) is 45.6 Å². The van der Waals surface area contributed by atoms with Crippen molar-refractivity contribution in [3.8, 4) is 0 Å². The number of aromatic nitrogens is 3. The third-order valence-corrected chi connectivity index (χ3v) is 4.44. The highest BCUT2D eigenvalue weighted by Gasteiger charge is 2.25. The van der Waals surface area contributed by atoms with Crippen LogP contribution in [0.3, 0.4) is 0 Å². The third-order valence-electron chi connectivity index (χ3n) is 4.44. The summed E-state index contributed by atoms with van der Waals surface area (Å²) in [4.78, 5) is 4.40. The Morgan fingerprint density at radius 2 is 2.14 bits per heavy atom. The van der Waals surface area contributed by atoms with Gasteiger partial charge in [0, 0.05) is 24.0 Å². The fourth-order valence-electron chi connectivity index (χ4n) is 2.85. The number of fused-ring (bicyclic) bond motifs is 1. The highest BCUT2D eigenvalue weighted by atomic mass is 16.4. The number of benzene rings is 1. The van der Waals surface area contributed by atoms with Crippen LogP contribution in [-0.2, 0) is 6.54 Å². The van der Waals surface area contributed by atoms with E-state index in [4.69, 9.17) is 4.42 Å². The van der Waals surface area contributed by atoms with Crippen LogP contribution in [0.5, 0.6) is 0 Å². The van der Waals surface area contributed by atoms with E-state index >= 15 is 0 Å². The van der Waals surface area contributed by atoms with Gasteiger partial charge in [-0.25, -0.2) is 0 Å². The summed E-state index contributed by atoms with van der Waals surface area (Å²) in [5.74, 6) is 1.23. The van der Waals surface area contributed by atoms with Gasteiger partial charge in [0.05, 0.1) is 5.52 Å². The molecule has 2 aromatic heterocycles. The molecule has 4 rings (SSSR count). The van der Waals surface area contributed by atoms with Gasteiger partial charge in [0.15, 0.2) is 0 Å². The molecule has 0 unspecified atom stereocenters. The molecule has 5 heteroatoms. The molecule has 1 aliphatic carbocycles. The maximum Gasteiger partial charge on any atom is 0.315 e. The molecular formula is C17H18N4O. The quantitative estimate of drug-likeness (QED) is 0.792. The van der Waals surface area contributed by atoms with Gasteiger partial charge in [0.25, 0.3) is 0 Å². The largest absolute Gasteiger partial charge is 0.408 e. The van der Waals surface area contributed by atoms with Crippen LogP contribution in [-0.4, -0.2) is 15.2 Å². The predicted molar refractivity (Wildman–Crippen MR) is 84.7 cm³/mol. The van der Waals surface area contributed by atoms with E-state index in [0.29, 0.717) is 18.5 Å². The van der Waals surface area contributed by atoms with Gasteiger partial charge in [0.2, 0.25) is 5.89 Å². The Morgan fingerprint density at radius 1 is 1.23 bits per heavy atom. The zero-order valence-electron chi connectivity index (χ0n) is 12.5. The third kappa shape index (κ3) is 2.32. The molecule has 22 heavy (non-hydrogen) atoms. The second kappa shape index (κ2) is 5.40. The topological polar surface area (TPSA) is 63.8 Å². The lowest BCUT2D eigenvalue weighted by Crippen LogP contribution is -2.08. The Bertz CT molecular complexity index is 807. The minimum Gasteiger partial charge on any atom is -0.408 e. The number of anilines is 1. The lowest BCUT2D eigenvalue weighted by Gasteiger charge is -2.20. The number of pyridine rings is 1. The van der Waals surface area contributed by atoms with E-state index in [1.54, 1.807) is 0 Å². The van der Waals surface area contributed by atoms with Gasteiger partial charge < -0.3 is 9.73 Å². The zero-order chi connectivity index (χ0) is 14.9. The van der Waals surface area contributed by atoms with Crippen molar-refractivity contribution < 1.29 is 4.42 Å². The van der Waals surface area contributed by atoms with Gasteiger partial charge in [-0.2, -0.15) is 0 Å². The molecule has 0 amide bonds. The van der Waals surface area contributed by atoms with Gasteiger partial charge in [0.1, 0.15) is 0 Å². The second-order valence-electron chi connectivity index (χ2n) is 5.86. The van der Waals surface area contributed by atoms with Crippen LogP contribution in [0.2, 0.25) is 0 Å². The molecule has 5 nitrogen and oxygen atoms in total. The summed E-state index contributed by atoms with van der Waals surface area (Å²) in [7, 11) is 0. The summed E-state index contributed by atoms with van der Waals surface area (Å²) in [5, 5.41) is 12.7. The van der Waals surface area contributed by atoms with Crippen molar-refractivity contribution >= 4 is 16.9 Å². The van der Waals surface area contributed by atoms with Crippen molar-refractivity contribution in [2.45, 2.75) is 38.6 Å². The van der Waals surface area contributed by atoms with E-state index in [0.717, 1.165) is 29.6 Å². The van der Waals surface area contributed by atoms with Crippen LogP contribution in [0.1, 0.15) is 42.2 Å². The van der Waals surface area contributed by atoms with E-state index in [9.17, 15) is 0 Å². The average molecular weight is 294 g/mol. The normalized spacial score (nSPS) is 15.0. The Balaban J connectivity index is 1.56. The fourth-order valence-corrected chi connectivity index (χ4v) is 2.85. The molecule has 112 valence electrons. The highest BCUT2D eigenvalue weighted by molar-refractivity contribution is 5.83. The second-order valence-corrected chi connectivity index (χ2v) is 5.86. The maximum absolute atomic E-state index is 5.71. The molecule has 1 aromatic carbocycles. The van der Waals surface area contributed by atoms with Crippen LogP contribution in [0.4, 0.5) is 6.01 Å². The first kappa shape index (κ1) is 13.2. The SMILES string of the molecule is Cc1ccc2ncccc2c1CNc1nnc(C2CCC2)o1. The van der Waals surface area contributed by atoms with Gasteiger partial charge in [-0.3, -0.25) is 4.98 Å². The van der Waals surface area contributed by atoms with Gasteiger partial charge >= 0.3 is 6.01 Å². The Labute approximate surface area is 128 Å². The number of nitrogens with zero attached hydrogens (tertiary/aromatic N) is 3. The first-order chi connectivity index (χ1) is 10.8. The molecule has 0 radical (unpaired) electrons. The Morgan fingerprint density at radius 3 is 2.95 bits per heavy atom. The minimum absolute atomic E-state index is 0.464. The number of nitrogens with one attached hydrogen (secondary N) is 1. The Kier molecular flexibility index (Phi) is 3.25. The number of rotatable bonds is 4. The summed E-state index contributed by atoms with van der Waals surface area (Å²) < 4.78 is 5.71. The van der Waals surface area contributed by atoms with Crippen LogP contribution < -0.4 is 5.32 Å². The molecule has 0 atom stereocenters. The molecule has 0 saturated heterocycles. The van der Waals surface area contributed by atoms with Crippen molar-refractivity contribution in [2.75, 3.05) is 5.32 Å². The molecule has 0 spiro atoms. The minimum atomic E-state index is 0.464. The van der Waals surface area contributed by atoms with Crippen LogP contribution in [0.15, 0.2) is 34.9 Å². The van der Waals surface area contributed by atoms with Crippen molar-refractivity contribution in [3.05, 3.63) is 47.5 Å². The summed E-state index contributed by atoms with van der Waals surface area (Å²) in [6.07, 6.45) is 5.40. The first-order valence-corrected chi connectivity index (χ1v) is 7.72. The summed E-state index contributed by atoms with van der Waals surface area (Å²) in [6.45, 7) is 2.76. The predicted octanol–water partition coefficient (Wildman–Crippen LogP) is 3.81. The molecular weight excluding hydrogens is 276 g/mol. The molecule has 1 N–H and O–H groups in total. The number of hydrogen-bond acceptors (Lipinski definition) is 5. The van der Waals surface area contributed by atoms with E-state index in [-0.39, 0.29) is 0 Å². The average Bonchev–Trinajstić information content (AvgIpc) is 2.93. The van der Waals surface area contributed by atoms with Gasteiger partial charge in [-0.1, -0.05) is 23.7 Å². The molecule has 2 heterocycles. The number of aryl methyl sites for hydroxylation is 1. The maximum atomic E-state index is 5.71. The molecule has 1 aliphatic rings. The van der Waals surface area contributed by atoms with Crippen molar-refractivity contribution in [3.63, 3.8) is 0 Å². The molecule has 1 fully saturated rings. The van der Waals surface area contributed by atoms with Crippen LogP contribution in [0.25, 0.3) is 10.9 Å². The monoisotopic (exact) mass is 294 g/mol. The summed E-state index contributed by atoms with van der Waals surface area (Å²) in [6, 6.07) is 8.71. The first-order valence-electron chi connectivity index (χ1n) is 7.72. The van der Waals surface area contributed by atoms with E-state index in [1.807, 2.05) is 12.3 Å². The number of hydrogen-bond donors (Lipinski definition) is 1. The smallest absolute Gasteiger partial charge is 0.315 e. The van der Waals surface area contributed by atoms with Crippen LogP contribution >= 0.6 is 0 Å². The summed E-state index contributed by atoms with van der Waals surface area (Å²) in [5.41, 5.74) is 3.45. The van der Waals surface area contributed by atoms with E-state index < -0.39 is 0 Å². The molecule has 1 saturated carbocycles. The van der Waals surface area contributed by atoms with Gasteiger partial charge in [-0.05, 0) is 43.0 Å². The van der Waals surface area contributed by atoms with E-state index in [1.165, 1.54) is 17.5 Å². The summed E-state index contributed by atoms with van der Waals surface area (Å²) >= 11 is 0. The van der Waals surface area contributed by atoms with Gasteiger partial charge in [-0.15, -0.1) is 5.10 Å². The van der Waals surface area contributed by atoms with Crippen molar-refractivity contribution in [1.82, 2.24) is 15.2 Å². The van der Waals surface area contributed by atoms with Crippen molar-refractivity contribution in [1.29, 1.82) is 0 Å². The zero-order valence-corrected chi connectivity index (χ0v) is 12.5. The fraction of sp³-hybridized carbons (Fsp3) is 0.353. The molecule has 0 aliphatic heterocycles.